The SMILES string of the molecule is CCCCCOc1ccc(C#N)cc1N. The molecule has 80 valence electrons. The van der Waals surface area contributed by atoms with E-state index in [0.717, 1.165) is 12.8 Å². The lowest BCUT2D eigenvalue weighted by molar-refractivity contribution is 0.308. The summed E-state index contributed by atoms with van der Waals surface area (Å²) in [6.45, 7) is 2.83. The summed E-state index contributed by atoms with van der Waals surface area (Å²) in [7, 11) is 0. The Bertz CT molecular complexity index is 355. The minimum Gasteiger partial charge on any atom is -0.491 e. The molecule has 2 N–H and O–H groups in total. The largest absolute Gasteiger partial charge is 0.491 e. The molecule has 15 heavy (non-hydrogen) atoms. The number of nitriles is 1. The summed E-state index contributed by atoms with van der Waals surface area (Å²) in [6.07, 6.45) is 3.37. The summed E-state index contributed by atoms with van der Waals surface area (Å²) in [5.74, 6) is 0.671. The molecule has 0 aliphatic heterocycles. The standard InChI is InChI=1S/C12H16N2O/c1-2-3-4-7-15-12-6-5-10(9-13)8-11(12)14/h5-6,8H,2-4,7,14H2,1H3. The van der Waals surface area contributed by atoms with Gasteiger partial charge in [0.05, 0.1) is 23.9 Å². The highest BCUT2D eigenvalue weighted by molar-refractivity contribution is 5.56. The fourth-order valence-corrected chi connectivity index (χ4v) is 1.28. The van der Waals surface area contributed by atoms with Crippen molar-refractivity contribution < 1.29 is 4.74 Å². The highest BCUT2D eigenvalue weighted by Crippen LogP contribution is 2.22. The summed E-state index contributed by atoms with van der Waals surface area (Å²) in [5.41, 5.74) is 6.83. The van der Waals surface area contributed by atoms with Crippen molar-refractivity contribution in [1.29, 1.82) is 5.26 Å². The Morgan fingerprint density at radius 3 is 2.80 bits per heavy atom. The van der Waals surface area contributed by atoms with Crippen LogP contribution in [0, 0.1) is 11.3 Å². The fraction of sp³-hybridized carbons (Fsp3) is 0.417. The van der Waals surface area contributed by atoms with E-state index in [4.69, 9.17) is 15.7 Å². The van der Waals surface area contributed by atoms with Crippen LogP contribution in [0.3, 0.4) is 0 Å². The zero-order valence-electron chi connectivity index (χ0n) is 8.99. The lowest BCUT2D eigenvalue weighted by Gasteiger charge is -2.08. The van der Waals surface area contributed by atoms with Gasteiger partial charge >= 0.3 is 0 Å². The first-order valence-electron chi connectivity index (χ1n) is 5.20. The molecule has 0 saturated carbocycles. The lowest BCUT2D eigenvalue weighted by Crippen LogP contribution is -2.00. The van der Waals surface area contributed by atoms with Crippen LogP contribution in [0.15, 0.2) is 18.2 Å². The second-order valence-corrected chi connectivity index (χ2v) is 3.42. The van der Waals surface area contributed by atoms with Gasteiger partial charge in [0.15, 0.2) is 0 Å². The van der Waals surface area contributed by atoms with Gasteiger partial charge in [-0.25, -0.2) is 0 Å². The summed E-state index contributed by atoms with van der Waals surface area (Å²) in [5, 5.41) is 8.65. The molecule has 0 aliphatic carbocycles. The minimum absolute atomic E-state index is 0.533. The van der Waals surface area contributed by atoms with Crippen molar-refractivity contribution in [3.8, 4) is 11.8 Å². The van der Waals surface area contributed by atoms with Crippen LogP contribution in [0.4, 0.5) is 5.69 Å². The molecule has 0 aromatic heterocycles. The number of nitrogens with zero attached hydrogens (tertiary/aromatic N) is 1. The van der Waals surface area contributed by atoms with Crippen LogP contribution >= 0.6 is 0 Å². The number of hydrogen-bond donors (Lipinski definition) is 1. The minimum atomic E-state index is 0.533. The second-order valence-electron chi connectivity index (χ2n) is 3.42. The van der Waals surface area contributed by atoms with Crippen molar-refractivity contribution >= 4 is 5.69 Å². The Kier molecular flexibility index (Phi) is 4.49. The third-order valence-electron chi connectivity index (χ3n) is 2.14. The molecule has 0 fully saturated rings. The molecule has 3 heteroatoms. The summed E-state index contributed by atoms with van der Waals surface area (Å²) < 4.78 is 5.50. The monoisotopic (exact) mass is 204 g/mol. The van der Waals surface area contributed by atoms with Gasteiger partial charge in [-0.2, -0.15) is 5.26 Å². The molecule has 0 radical (unpaired) electrons. The van der Waals surface area contributed by atoms with Gasteiger partial charge in [0.1, 0.15) is 5.75 Å². The molecule has 1 aromatic rings. The van der Waals surface area contributed by atoms with E-state index in [2.05, 4.69) is 6.92 Å². The molecule has 0 atom stereocenters. The average Bonchev–Trinajstić information content (AvgIpc) is 2.26. The molecule has 0 saturated heterocycles. The highest BCUT2D eigenvalue weighted by Gasteiger charge is 2.01. The second kappa shape index (κ2) is 5.92. The number of nitrogen functional groups attached to an aromatic ring is 1. The van der Waals surface area contributed by atoms with Crippen LogP contribution in [-0.2, 0) is 0 Å². The number of hydrogen-bond acceptors (Lipinski definition) is 3. The van der Waals surface area contributed by atoms with Gasteiger partial charge in [-0.1, -0.05) is 19.8 Å². The van der Waals surface area contributed by atoms with Gasteiger partial charge in [0, 0.05) is 0 Å². The van der Waals surface area contributed by atoms with Crippen molar-refractivity contribution in [2.24, 2.45) is 0 Å². The maximum atomic E-state index is 8.65. The summed E-state index contributed by atoms with van der Waals surface area (Å²) in [4.78, 5) is 0. The molecule has 1 aromatic carbocycles. The maximum absolute atomic E-state index is 8.65. The van der Waals surface area contributed by atoms with Crippen LogP contribution in [-0.4, -0.2) is 6.61 Å². The Balaban J connectivity index is 2.52. The molecule has 0 unspecified atom stereocenters. The van der Waals surface area contributed by atoms with Gasteiger partial charge in [-0.15, -0.1) is 0 Å². The maximum Gasteiger partial charge on any atom is 0.142 e. The Labute approximate surface area is 90.5 Å². The van der Waals surface area contributed by atoms with Crippen molar-refractivity contribution in [3.05, 3.63) is 23.8 Å². The lowest BCUT2D eigenvalue weighted by atomic mass is 10.2. The summed E-state index contributed by atoms with van der Waals surface area (Å²) in [6, 6.07) is 7.13. The van der Waals surface area contributed by atoms with Crippen LogP contribution in [0.25, 0.3) is 0 Å². The molecule has 0 amide bonds. The molecule has 0 spiro atoms. The van der Waals surface area contributed by atoms with Crippen LogP contribution in [0.1, 0.15) is 31.7 Å². The van der Waals surface area contributed by atoms with Crippen LogP contribution < -0.4 is 10.5 Å². The molecule has 0 aliphatic rings. The zero-order chi connectivity index (χ0) is 11.1. The van der Waals surface area contributed by atoms with Crippen LogP contribution in [0.5, 0.6) is 5.75 Å². The smallest absolute Gasteiger partial charge is 0.142 e. The first-order valence-corrected chi connectivity index (χ1v) is 5.20. The van der Waals surface area contributed by atoms with Crippen molar-refractivity contribution in [2.45, 2.75) is 26.2 Å². The molecule has 0 heterocycles. The highest BCUT2D eigenvalue weighted by atomic mass is 16.5. The van der Waals surface area contributed by atoms with Crippen LogP contribution in [0.2, 0.25) is 0 Å². The van der Waals surface area contributed by atoms with E-state index in [1.54, 1.807) is 18.2 Å². The zero-order valence-corrected chi connectivity index (χ0v) is 8.99. The van der Waals surface area contributed by atoms with Crippen molar-refractivity contribution in [1.82, 2.24) is 0 Å². The Morgan fingerprint density at radius 2 is 2.20 bits per heavy atom. The quantitative estimate of drug-likeness (QED) is 0.592. The number of unbranched alkanes of at least 4 members (excludes halogenated alkanes) is 2. The van der Waals surface area contributed by atoms with E-state index in [9.17, 15) is 0 Å². The number of anilines is 1. The van der Waals surface area contributed by atoms with E-state index < -0.39 is 0 Å². The van der Waals surface area contributed by atoms with E-state index in [1.165, 1.54) is 6.42 Å². The van der Waals surface area contributed by atoms with Gasteiger partial charge in [-0.05, 0) is 24.6 Å². The molecular formula is C12H16N2O. The van der Waals surface area contributed by atoms with E-state index >= 15 is 0 Å². The molecular weight excluding hydrogens is 188 g/mol. The number of rotatable bonds is 5. The topological polar surface area (TPSA) is 59.0 Å². The normalized spacial score (nSPS) is 9.60. The van der Waals surface area contributed by atoms with Gasteiger partial charge in [0.25, 0.3) is 0 Å². The Morgan fingerprint density at radius 1 is 1.40 bits per heavy atom. The molecule has 1 rings (SSSR count). The first-order chi connectivity index (χ1) is 7.27. The Hall–Kier alpha value is -1.69. The van der Waals surface area contributed by atoms with Crippen molar-refractivity contribution in [2.75, 3.05) is 12.3 Å². The summed E-state index contributed by atoms with van der Waals surface area (Å²) >= 11 is 0. The molecule has 3 nitrogen and oxygen atoms in total. The third kappa shape index (κ3) is 3.51. The van der Waals surface area contributed by atoms with Gasteiger partial charge in [0.2, 0.25) is 0 Å². The number of nitrogens with two attached hydrogens (primary N) is 1. The molecule has 0 bridgehead atoms. The van der Waals surface area contributed by atoms with Gasteiger partial charge < -0.3 is 10.5 Å². The fourth-order valence-electron chi connectivity index (χ4n) is 1.28. The van der Waals surface area contributed by atoms with Gasteiger partial charge in [-0.3, -0.25) is 0 Å². The number of ether oxygens (including phenoxy) is 1. The average molecular weight is 204 g/mol. The van der Waals surface area contributed by atoms with Crippen molar-refractivity contribution in [3.63, 3.8) is 0 Å². The first kappa shape index (κ1) is 11.4. The van der Waals surface area contributed by atoms with E-state index in [0.29, 0.717) is 23.6 Å². The van der Waals surface area contributed by atoms with E-state index in [1.807, 2.05) is 6.07 Å². The van der Waals surface area contributed by atoms with E-state index in [-0.39, 0.29) is 0 Å². The predicted molar refractivity (Wildman–Crippen MR) is 60.6 cm³/mol. The number of benzene rings is 1. The predicted octanol–water partition coefficient (Wildman–Crippen LogP) is 2.71. The third-order valence-corrected chi connectivity index (χ3v) is 2.14.